The van der Waals surface area contributed by atoms with Gasteiger partial charge in [0, 0.05) is 10.9 Å². The van der Waals surface area contributed by atoms with E-state index in [0.717, 1.165) is 3.57 Å². The first-order chi connectivity index (χ1) is 5.65. The highest BCUT2D eigenvalue weighted by Crippen LogP contribution is 2.21. The van der Waals surface area contributed by atoms with E-state index in [0.29, 0.717) is 11.3 Å². The lowest BCUT2D eigenvalue weighted by atomic mass is 10.2. The normalized spacial score (nSPS) is 9.50. The fourth-order valence-corrected chi connectivity index (χ4v) is 1.36. The molecule has 3 nitrogen and oxygen atoms in total. The first-order valence-corrected chi connectivity index (χ1v) is 4.32. The number of hydrogen-bond acceptors (Lipinski definition) is 2. The molecule has 64 valence electrons. The quantitative estimate of drug-likeness (QED) is 0.602. The Morgan fingerprint density at radius 2 is 2.25 bits per heavy atom. The topological polar surface area (TPSA) is 49.2 Å². The minimum Gasteiger partial charge on any atom is -0.561 e. The van der Waals surface area contributed by atoms with E-state index >= 15 is 0 Å². The van der Waals surface area contributed by atoms with Crippen LogP contribution in [0.4, 0.5) is 0 Å². The van der Waals surface area contributed by atoms with Gasteiger partial charge in [-0.1, -0.05) is 0 Å². The number of benzene rings is 1. The minimum absolute atomic E-state index is 0.354. The van der Waals surface area contributed by atoms with Crippen molar-refractivity contribution in [3.63, 3.8) is 0 Å². The Kier molecular flexibility index (Phi) is 2.91. The van der Waals surface area contributed by atoms with Crippen LogP contribution in [0.1, 0.15) is 10.4 Å². The van der Waals surface area contributed by atoms with Gasteiger partial charge in [-0.3, -0.25) is 0 Å². The van der Waals surface area contributed by atoms with E-state index < -0.39 is 5.97 Å². The SMILES string of the molecule is COc1cc(C(=O)[OH2+])ccc1I. The second kappa shape index (κ2) is 3.75. The van der Waals surface area contributed by atoms with Crippen molar-refractivity contribution < 1.29 is 14.6 Å². The van der Waals surface area contributed by atoms with Gasteiger partial charge >= 0.3 is 5.97 Å². The highest BCUT2D eigenvalue weighted by atomic mass is 127. The molecule has 4 heteroatoms. The van der Waals surface area contributed by atoms with Crippen molar-refractivity contribution in [1.29, 1.82) is 0 Å². The van der Waals surface area contributed by atoms with Crippen LogP contribution in [0, 0.1) is 3.57 Å². The molecule has 0 saturated heterocycles. The molecule has 0 aliphatic carbocycles. The van der Waals surface area contributed by atoms with Crippen molar-refractivity contribution in [2.75, 3.05) is 7.11 Å². The molecule has 0 fully saturated rings. The predicted octanol–water partition coefficient (Wildman–Crippen LogP) is 1.16. The maximum Gasteiger partial charge on any atom is 0.549 e. The zero-order valence-electron chi connectivity index (χ0n) is 6.43. The Morgan fingerprint density at radius 1 is 1.58 bits per heavy atom. The summed E-state index contributed by atoms with van der Waals surface area (Å²) >= 11 is 2.10. The van der Waals surface area contributed by atoms with Gasteiger partial charge in [-0.25, -0.2) is 0 Å². The summed E-state index contributed by atoms with van der Waals surface area (Å²) in [6.07, 6.45) is 0. The van der Waals surface area contributed by atoms with Crippen molar-refractivity contribution in [1.82, 2.24) is 0 Å². The number of carbonyl (C=O) groups excluding carboxylic acids is 1. The van der Waals surface area contributed by atoms with Gasteiger partial charge in [-0.05, 0) is 34.7 Å². The third kappa shape index (κ3) is 1.88. The third-order valence-corrected chi connectivity index (χ3v) is 2.30. The molecule has 0 aliphatic heterocycles. The summed E-state index contributed by atoms with van der Waals surface area (Å²) in [6.45, 7) is 0. The maximum atomic E-state index is 10.6. The van der Waals surface area contributed by atoms with Gasteiger partial charge in [0.25, 0.3) is 0 Å². The molecule has 0 aromatic heterocycles. The summed E-state index contributed by atoms with van der Waals surface area (Å²) in [7, 11) is 1.54. The first kappa shape index (κ1) is 9.31. The number of hydrogen-bond donors (Lipinski definition) is 0. The molecule has 0 bridgehead atoms. The molecule has 0 unspecified atom stereocenters. The van der Waals surface area contributed by atoms with Gasteiger partial charge < -0.3 is 9.84 Å². The molecule has 0 aliphatic rings. The summed E-state index contributed by atoms with van der Waals surface area (Å²) in [5.41, 5.74) is 0.354. The Morgan fingerprint density at radius 3 is 2.75 bits per heavy atom. The highest BCUT2D eigenvalue weighted by molar-refractivity contribution is 14.1. The zero-order valence-corrected chi connectivity index (χ0v) is 8.58. The monoisotopic (exact) mass is 279 g/mol. The van der Waals surface area contributed by atoms with Crippen molar-refractivity contribution in [3.8, 4) is 5.75 Å². The standard InChI is InChI=1S/C8H7IO3/c1-12-7-4-5(8(10)11)2-3-6(7)9/h2-4H,1H3,(H,10,11)/p+1. The Bertz CT molecular complexity index is 309. The Labute approximate surface area is 83.5 Å². The second-order valence-corrected chi connectivity index (χ2v) is 3.34. The van der Waals surface area contributed by atoms with Crippen molar-refractivity contribution in [2.45, 2.75) is 0 Å². The molecule has 0 atom stereocenters. The zero-order chi connectivity index (χ0) is 9.14. The molecule has 1 aromatic rings. The molecule has 0 saturated carbocycles. The smallest absolute Gasteiger partial charge is 0.549 e. The van der Waals surface area contributed by atoms with Crippen LogP contribution in [0.5, 0.6) is 5.75 Å². The largest absolute Gasteiger partial charge is 0.561 e. The molecule has 12 heavy (non-hydrogen) atoms. The van der Waals surface area contributed by atoms with Gasteiger partial charge in [0.15, 0.2) is 0 Å². The lowest BCUT2D eigenvalue weighted by Crippen LogP contribution is -1.97. The molecule has 0 spiro atoms. The summed E-state index contributed by atoms with van der Waals surface area (Å²) in [5.74, 6) is -0.0570. The Hall–Kier alpha value is -0.780. The molecule has 0 radical (unpaired) electrons. The summed E-state index contributed by atoms with van der Waals surface area (Å²) in [6, 6.07) is 4.93. The van der Waals surface area contributed by atoms with Crippen LogP contribution in [0.2, 0.25) is 0 Å². The molecule has 1 rings (SSSR count). The van der Waals surface area contributed by atoms with Crippen molar-refractivity contribution in [2.24, 2.45) is 0 Å². The van der Waals surface area contributed by atoms with Crippen molar-refractivity contribution in [3.05, 3.63) is 27.3 Å². The number of halogens is 1. The first-order valence-electron chi connectivity index (χ1n) is 3.24. The van der Waals surface area contributed by atoms with Crippen molar-refractivity contribution >= 4 is 28.6 Å². The van der Waals surface area contributed by atoms with Crippen LogP contribution in [0.25, 0.3) is 0 Å². The van der Waals surface area contributed by atoms with Crippen LogP contribution in [-0.2, 0) is 0 Å². The maximum absolute atomic E-state index is 10.6. The van der Waals surface area contributed by atoms with Crippen LogP contribution in [-0.4, -0.2) is 18.2 Å². The number of carbonyl (C=O) groups is 1. The second-order valence-electron chi connectivity index (χ2n) is 2.18. The Balaban J connectivity index is 3.13. The third-order valence-electron chi connectivity index (χ3n) is 1.41. The number of rotatable bonds is 2. The highest BCUT2D eigenvalue weighted by Gasteiger charge is 2.12. The minimum atomic E-state index is -0.690. The fourth-order valence-electron chi connectivity index (χ4n) is 0.801. The van der Waals surface area contributed by atoms with E-state index in [2.05, 4.69) is 22.6 Å². The van der Waals surface area contributed by atoms with Gasteiger partial charge in [-0.15, -0.1) is 0 Å². The molecular weight excluding hydrogens is 271 g/mol. The molecule has 2 N–H and O–H groups in total. The number of ether oxygens (including phenoxy) is 1. The fraction of sp³-hybridized carbons (Fsp3) is 0.125. The van der Waals surface area contributed by atoms with E-state index in [9.17, 15) is 4.79 Å². The molecule has 0 amide bonds. The molecule has 0 heterocycles. The van der Waals surface area contributed by atoms with E-state index in [-0.39, 0.29) is 0 Å². The van der Waals surface area contributed by atoms with Crippen LogP contribution < -0.4 is 4.74 Å². The van der Waals surface area contributed by atoms with Gasteiger partial charge in [0.1, 0.15) is 11.3 Å². The van der Waals surface area contributed by atoms with E-state index in [1.165, 1.54) is 7.11 Å². The van der Waals surface area contributed by atoms with Crippen LogP contribution in [0.15, 0.2) is 18.2 Å². The van der Waals surface area contributed by atoms with Crippen LogP contribution >= 0.6 is 22.6 Å². The molecular formula is C8H8IO3+. The van der Waals surface area contributed by atoms with E-state index in [1.54, 1.807) is 18.2 Å². The summed E-state index contributed by atoms with van der Waals surface area (Å²) in [5, 5.41) is 6.86. The number of methoxy groups -OCH3 is 1. The van der Waals surface area contributed by atoms with E-state index in [1.807, 2.05) is 0 Å². The van der Waals surface area contributed by atoms with E-state index in [4.69, 9.17) is 9.84 Å². The summed E-state index contributed by atoms with van der Waals surface area (Å²) < 4.78 is 5.92. The van der Waals surface area contributed by atoms with Gasteiger partial charge in [0.2, 0.25) is 0 Å². The van der Waals surface area contributed by atoms with Gasteiger partial charge in [0.05, 0.1) is 10.7 Å². The lowest BCUT2D eigenvalue weighted by Gasteiger charge is -2.01. The van der Waals surface area contributed by atoms with Crippen LogP contribution in [0.3, 0.4) is 0 Å². The van der Waals surface area contributed by atoms with Gasteiger partial charge in [-0.2, -0.15) is 0 Å². The average Bonchev–Trinajstić information content (AvgIpc) is 2.05. The summed E-state index contributed by atoms with van der Waals surface area (Å²) in [4.78, 5) is 10.6. The predicted molar refractivity (Wildman–Crippen MR) is 53.7 cm³/mol. The molecule has 1 aromatic carbocycles. The lowest BCUT2D eigenvalue weighted by molar-refractivity contribution is 0.0696. The average molecular weight is 279 g/mol.